The summed E-state index contributed by atoms with van der Waals surface area (Å²) in [5.74, 6) is 2.73. The van der Waals surface area contributed by atoms with Gasteiger partial charge < -0.3 is 9.53 Å². The lowest BCUT2D eigenvalue weighted by Gasteiger charge is -2.31. The van der Waals surface area contributed by atoms with Crippen molar-refractivity contribution in [2.75, 3.05) is 0 Å². The van der Waals surface area contributed by atoms with E-state index in [9.17, 15) is 4.79 Å². The SMILES string of the molecule is CC(=O)CCc1ccc(OC2CC(C)CC(C)C2)cc1. The van der Waals surface area contributed by atoms with Crippen LogP contribution in [0.4, 0.5) is 0 Å². The van der Waals surface area contributed by atoms with Gasteiger partial charge in [-0.3, -0.25) is 0 Å². The molecule has 1 aromatic carbocycles. The van der Waals surface area contributed by atoms with Gasteiger partial charge in [0.05, 0.1) is 6.10 Å². The van der Waals surface area contributed by atoms with Crippen molar-refractivity contribution in [2.45, 2.75) is 59.0 Å². The fraction of sp³-hybridized carbons (Fsp3) is 0.611. The summed E-state index contributed by atoms with van der Waals surface area (Å²) < 4.78 is 6.11. The van der Waals surface area contributed by atoms with Crippen LogP contribution in [-0.2, 0) is 11.2 Å². The topological polar surface area (TPSA) is 26.3 Å². The second-order valence-electron chi connectivity index (χ2n) is 6.50. The number of carbonyl (C=O) groups excluding carboxylic acids is 1. The van der Waals surface area contributed by atoms with Crippen LogP contribution in [0.5, 0.6) is 5.75 Å². The van der Waals surface area contributed by atoms with Crippen molar-refractivity contribution >= 4 is 5.78 Å². The maximum atomic E-state index is 11.0. The molecule has 1 saturated carbocycles. The molecule has 2 atom stereocenters. The number of benzene rings is 1. The van der Waals surface area contributed by atoms with Crippen LogP contribution in [0, 0.1) is 11.8 Å². The Bertz CT molecular complexity index is 425. The van der Waals surface area contributed by atoms with Crippen LogP contribution in [-0.4, -0.2) is 11.9 Å². The third-order valence-corrected chi connectivity index (χ3v) is 4.13. The molecule has 1 aliphatic rings. The molecule has 2 rings (SSSR count). The van der Waals surface area contributed by atoms with Crippen molar-refractivity contribution < 1.29 is 9.53 Å². The fourth-order valence-corrected chi connectivity index (χ4v) is 3.22. The van der Waals surface area contributed by atoms with Crippen LogP contribution in [0.25, 0.3) is 0 Å². The Kier molecular flexibility index (Phi) is 5.22. The lowest BCUT2D eigenvalue weighted by molar-refractivity contribution is -0.116. The van der Waals surface area contributed by atoms with E-state index in [1.807, 2.05) is 12.1 Å². The maximum absolute atomic E-state index is 11.0. The van der Waals surface area contributed by atoms with Crippen molar-refractivity contribution in [2.24, 2.45) is 11.8 Å². The van der Waals surface area contributed by atoms with Gasteiger partial charge in [0, 0.05) is 6.42 Å². The Hall–Kier alpha value is -1.31. The first-order valence-electron chi connectivity index (χ1n) is 7.78. The molecule has 0 radical (unpaired) electrons. The normalized spacial score (nSPS) is 26.2. The number of hydrogen-bond acceptors (Lipinski definition) is 2. The Morgan fingerprint density at radius 1 is 1.10 bits per heavy atom. The quantitative estimate of drug-likeness (QED) is 0.795. The van der Waals surface area contributed by atoms with E-state index in [1.54, 1.807) is 6.92 Å². The molecule has 2 unspecified atom stereocenters. The average molecular weight is 274 g/mol. The molecule has 0 N–H and O–H groups in total. The molecule has 0 amide bonds. The van der Waals surface area contributed by atoms with E-state index >= 15 is 0 Å². The van der Waals surface area contributed by atoms with Crippen molar-refractivity contribution in [3.05, 3.63) is 29.8 Å². The molecule has 110 valence electrons. The summed E-state index contributed by atoms with van der Waals surface area (Å²) in [5.41, 5.74) is 1.21. The summed E-state index contributed by atoms with van der Waals surface area (Å²) in [7, 11) is 0. The molecular formula is C18H26O2. The van der Waals surface area contributed by atoms with Gasteiger partial charge in [-0.05, 0) is 62.1 Å². The largest absolute Gasteiger partial charge is 0.490 e. The summed E-state index contributed by atoms with van der Waals surface area (Å²) in [6, 6.07) is 8.24. The van der Waals surface area contributed by atoms with E-state index in [0.717, 1.165) is 36.8 Å². The van der Waals surface area contributed by atoms with Gasteiger partial charge in [0.2, 0.25) is 0 Å². The van der Waals surface area contributed by atoms with Gasteiger partial charge in [0.25, 0.3) is 0 Å². The van der Waals surface area contributed by atoms with E-state index in [2.05, 4.69) is 26.0 Å². The molecule has 2 heteroatoms. The van der Waals surface area contributed by atoms with Crippen LogP contribution < -0.4 is 4.74 Å². The molecule has 2 nitrogen and oxygen atoms in total. The predicted molar refractivity (Wildman–Crippen MR) is 82.0 cm³/mol. The van der Waals surface area contributed by atoms with Crippen molar-refractivity contribution in [3.8, 4) is 5.75 Å². The highest BCUT2D eigenvalue weighted by Crippen LogP contribution is 2.31. The fourth-order valence-electron chi connectivity index (χ4n) is 3.22. The minimum atomic E-state index is 0.246. The Labute approximate surface area is 122 Å². The van der Waals surface area contributed by atoms with Crippen LogP contribution in [0.1, 0.15) is 52.0 Å². The number of hydrogen-bond donors (Lipinski definition) is 0. The minimum Gasteiger partial charge on any atom is -0.490 e. The first kappa shape index (κ1) is 15.1. The molecule has 0 saturated heterocycles. The Morgan fingerprint density at radius 3 is 2.25 bits per heavy atom. The zero-order valence-corrected chi connectivity index (χ0v) is 12.9. The number of aryl methyl sites for hydroxylation is 1. The molecule has 0 aliphatic heterocycles. The van der Waals surface area contributed by atoms with Gasteiger partial charge in [-0.1, -0.05) is 26.0 Å². The van der Waals surface area contributed by atoms with E-state index in [4.69, 9.17) is 4.74 Å². The smallest absolute Gasteiger partial charge is 0.130 e. The highest BCUT2D eigenvalue weighted by Gasteiger charge is 2.25. The lowest BCUT2D eigenvalue weighted by Crippen LogP contribution is -2.28. The first-order valence-corrected chi connectivity index (χ1v) is 7.78. The second-order valence-corrected chi connectivity index (χ2v) is 6.50. The van der Waals surface area contributed by atoms with Crippen LogP contribution in [0.3, 0.4) is 0 Å². The predicted octanol–water partition coefficient (Wildman–Crippen LogP) is 4.41. The van der Waals surface area contributed by atoms with E-state index in [0.29, 0.717) is 12.5 Å². The molecule has 0 bridgehead atoms. The summed E-state index contributed by atoms with van der Waals surface area (Å²) in [5, 5.41) is 0. The number of Topliss-reactive ketones (excluding diaryl/α,β-unsaturated/α-hetero) is 1. The molecule has 20 heavy (non-hydrogen) atoms. The Morgan fingerprint density at radius 2 is 1.70 bits per heavy atom. The summed E-state index contributed by atoms with van der Waals surface area (Å²) in [6.07, 6.45) is 5.46. The molecular weight excluding hydrogens is 248 g/mol. The minimum absolute atomic E-state index is 0.246. The van der Waals surface area contributed by atoms with E-state index in [-0.39, 0.29) is 5.78 Å². The summed E-state index contributed by atoms with van der Waals surface area (Å²) >= 11 is 0. The second kappa shape index (κ2) is 6.92. The highest BCUT2D eigenvalue weighted by molar-refractivity contribution is 5.75. The third-order valence-electron chi connectivity index (χ3n) is 4.13. The highest BCUT2D eigenvalue weighted by atomic mass is 16.5. The summed E-state index contributed by atoms with van der Waals surface area (Å²) in [4.78, 5) is 11.0. The van der Waals surface area contributed by atoms with Gasteiger partial charge in [0.1, 0.15) is 11.5 Å². The molecule has 1 aromatic rings. The van der Waals surface area contributed by atoms with E-state index < -0.39 is 0 Å². The number of ether oxygens (including phenoxy) is 1. The standard InChI is InChI=1S/C18H26O2/c1-13-10-14(2)12-18(11-13)20-17-8-6-16(7-9-17)5-4-15(3)19/h6-9,13-14,18H,4-5,10-12H2,1-3H3. The number of carbonyl (C=O) groups is 1. The number of rotatable bonds is 5. The van der Waals surface area contributed by atoms with Crippen molar-refractivity contribution in [1.82, 2.24) is 0 Å². The zero-order valence-electron chi connectivity index (χ0n) is 12.9. The first-order chi connectivity index (χ1) is 9.52. The van der Waals surface area contributed by atoms with Gasteiger partial charge in [-0.15, -0.1) is 0 Å². The van der Waals surface area contributed by atoms with Crippen LogP contribution >= 0.6 is 0 Å². The van der Waals surface area contributed by atoms with Crippen LogP contribution in [0.15, 0.2) is 24.3 Å². The molecule has 1 aliphatic carbocycles. The van der Waals surface area contributed by atoms with Gasteiger partial charge in [-0.25, -0.2) is 0 Å². The monoisotopic (exact) mass is 274 g/mol. The molecule has 0 spiro atoms. The zero-order chi connectivity index (χ0) is 14.5. The average Bonchev–Trinajstić information content (AvgIpc) is 2.36. The Balaban J connectivity index is 1.88. The van der Waals surface area contributed by atoms with Crippen molar-refractivity contribution in [1.29, 1.82) is 0 Å². The number of ketones is 1. The molecule has 0 aromatic heterocycles. The van der Waals surface area contributed by atoms with Gasteiger partial charge in [0.15, 0.2) is 0 Å². The van der Waals surface area contributed by atoms with E-state index in [1.165, 1.54) is 12.0 Å². The van der Waals surface area contributed by atoms with Crippen molar-refractivity contribution in [3.63, 3.8) is 0 Å². The maximum Gasteiger partial charge on any atom is 0.130 e. The molecule has 0 heterocycles. The third kappa shape index (κ3) is 4.66. The molecule has 1 fully saturated rings. The van der Waals surface area contributed by atoms with Gasteiger partial charge >= 0.3 is 0 Å². The van der Waals surface area contributed by atoms with Crippen LogP contribution in [0.2, 0.25) is 0 Å². The van der Waals surface area contributed by atoms with Gasteiger partial charge in [-0.2, -0.15) is 0 Å². The summed E-state index contributed by atoms with van der Waals surface area (Å²) in [6.45, 7) is 6.27. The lowest BCUT2D eigenvalue weighted by atomic mass is 9.82.